The van der Waals surface area contributed by atoms with Crippen LogP contribution in [0.2, 0.25) is 0 Å². The molecule has 146 valence electrons. The minimum absolute atomic E-state index is 0.242. The van der Waals surface area contributed by atoms with Crippen LogP contribution in [0.5, 0.6) is 0 Å². The van der Waals surface area contributed by atoms with Crippen LogP contribution in [0.15, 0.2) is 53.9 Å². The summed E-state index contributed by atoms with van der Waals surface area (Å²) in [5.74, 6) is -2.42. The number of nitrogens with zero attached hydrogens (tertiary/aromatic N) is 2. The molecule has 0 bridgehead atoms. The van der Waals surface area contributed by atoms with Gasteiger partial charge in [-0.3, -0.25) is 9.59 Å². The summed E-state index contributed by atoms with van der Waals surface area (Å²) >= 11 is 1.09. The lowest BCUT2D eigenvalue weighted by atomic mass is 9.99. The van der Waals surface area contributed by atoms with Gasteiger partial charge in [0.25, 0.3) is 0 Å². The first-order valence-electron chi connectivity index (χ1n) is 9.08. The van der Waals surface area contributed by atoms with Crippen molar-refractivity contribution in [1.29, 1.82) is 0 Å². The lowest BCUT2D eigenvalue weighted by molar-refractivity contribution is -0.163. The predicted octanol–water partition coefficient (Wildman–Crippen LogP) is 2.28. The molecule has 1 N–H and O–H groups in total. The van der Waals surface area contributed by atoms with Crippen LogP contribution in [0.3, 0.4) is 0 Å². The Morgan fingerprint density at radius 1 is 1.14 bits per heavy atom. The van der Waals surface area contributed by atoms with Gasteiger partial charge < -0.3 is 10.1 Å². The number of nitrogens with one attached hydrogen (secondary N) is 1. The van der Waals surface area contributed by atoms with E-state index in [-0.39, 0.29) is 5.78 Å². The SMILES string of the molecule is CC(C(=O)OC(=O)[C@@H]1CCCN1)C(Sc1ncccn1)C(=O)c1ccccc1. The topological polar surface area (TPSA) is 98.2 Å². The maximum Gasteiger partial charge on any atom is 0.330 e. The fraction of sp³-hybridized carbons (Fsp3) is 0.350. The molecule has 8 heteroatoms. The minimum Gasteiger partial charge on any atom is -0.392 e. The molecule has 0 radical (unpaired) electrons. The molecule has 1 aromatic heterocycles. The molecule has 28 heavy (non-hydrogen) atoms. The largest absolute Gasteiger partial charge is 0.392 e. The van der Waals surface area contributed by atoms with Gasteiger partial charge in [-0.2, -0.15) is 0 Å². The Balaban J connectivity index is 1.77. The van der Waals surface area contributed by atoms with Crippen molar-refractivity contribution in [2.24, 2.45) is 5.92 Å². The zero-order chi connectivity index (χ0) is 19.9. The molecule has 7 nitrogen and oxygen atoms in total. The first-order valence-corrected chi connectivity index (χ1v) is 9.96. The van der Waals surface area contributed by atoms with E-state index in [1.165, 1.54) is 0 Å². The third-order valence-electron chi connectivity index (χ3n) is 4.46. The molecule has 0 saturated carbocycles. The molecule has 2 aromatic rings. The molecule has 2 heterocycles. The molecule has 3 atom stereocenters. The lowest BCUT2D eigenvalue weighted by Crippen LogP contribution is -2.38. The summed E-state index contributed by atoms with van der Waals surface area (Å²) in [6, 6.07) is 9.90. The number of esters is 2. The van der Waals surface area contributed by atoms with Gasteiger partial charge in [0, 0.05) is 18.0 Å². The summed E-state index contributed by atoms with van der Waals surface area (Å²) in [7, 11) is 0. The second kappa shape index (κ2) is 9.57. The number of ketones is 1. The number of carbonyl (C=O) groups is 3. The summed E-state index contributed by atoms with van der Waals surface area (Å²) in [6.45, 7) is 2.30. The van der Waals surface area contributed by atoms with Crippen molar-refractivity contribution in [2.45, 2.75) is 36.2 Å². The van der Waals surface area contributed by atoms with Gasteiger partial charge >= 0.3 is 11.9 Å². The highest BCUT2D eigenvalue weighted by atomic mass is 32.2. The number of hydrogen-bond acceptors (Lipinski definition) is 8. The van der Waals surface area contributed by atoms with Crippen LogP contribution in [-0.4, -0.2) is 45.5 Å². The Hall–Kier alpha value is -2.58. The van der Waals surface area contributed by atoms with Crippen molar-refractivity contribution in [3.05, 3.63) is 54.4 Å². The average Bonchev–Trinajstić information content (AvgIpc) is 3.27. The number of carbonyl (C=O) groups excluding carboxylic acids is 3. The zero-order valence-corrected chi connectivity index (χ0v) is 16.2. The average molecular weight is 399 g/mol. The van der Waals surface area contributed by atoms with Gasteiger partial charge in [-0.1, -0.05) is 49.0 Å². The maximum absolute atomic E-state index is 13.1. The van der Waals surface area contributed by atoms with Crippen molar-refractivity contribution in [1.82, 2.24) is 15.3 Å². The molecule has 1 aromatic carbocycles. The number of Topliss-reactive ketones (excluding diaryl/α,β-unsaturated/α-hetero) is 1. The Morgan fingerprint density at radius 3 is 2.50 bits per heavy atom. The summed E-state index contributed by atoms with van der Waals surface area (Å²) in [4.78, 5) is 46.1. The van der Waals surface area contributed by atoms with Crippen molar-refractivity contribution in [3.8, 4) is 0 Å². The van der Waals surface area contributed by atoms with Gasteiger partial charge in [0.05, 0.1) is 11.2 Å². The molecule has 1 aliphatic rings. The fourth-order valence-electron chi connectivity index (χ4n) is 2.88. The first-order chi connectivity index (χ1) is 13.6. The number of benzene rings is 1. The monoisotopic (exact) mass is 399 g/mol. The normalized spacial score (nSPS) is 18.2. The van der Waals surface area contributed by atoms with Crippen LogP contribution in [0.4, 0.5) is 0 Å². The smallest absolute Gasteiger partial charge is 0.330 e. The number of aromatic nitrogens is 2. The van der Waals surface area contributed by atoms with Gasteiger partial charge in [-0.25, -0.2) is 14.8 Å². The van der Waals surface area contributed by atoms with Crippen LogP contribution in [0, 0.1) is 5.92 Å². The lowest BCUT2D eigenvalue weighted by Gasteiger charge is -2.21. The highest BCUT2D eigenvalue weighted by Gasteiger charge is 2.36. The number of ether oxygens (including phenoxy) is 1. The van der Waals surface area contributed by atoms with E-state index < -0.39 is 29.1 Å². The molecule has 1 aliphatic heterocycles. The van der Waals surface area contributed by atoms with Gasteiger partial charge in [-0.05, 0) is 25.5 Å². The number of thioether (sulfide) groups is 1. The van der Waals surface area contributed by atoms with Gasteiger partial charge in [0.1, 0.15) is 6.04 Å². The second-order valence-corrected chi connectivity index (χ2v) is 7.59. The Bertz CT molecular complexity index is 826. The number of hydrogen-bond donors (Lipinski definition) is 1. The van der Waals surface area contributed by atoms with Gasteiger partial charge in [-0.15, -0.1) is 0 Å². The van der Waals surface area contributed by atoms with E-state index in [1.807, 2.05) is 6.07 Å². The minimum atomic E-state index is -0.855. The van der Waals surface area contributed by atoms with E-state index in [4.69, 9.17) is 4.74 Å². The highest BCUT2D eigenvalue weighted by Crippen LogP contribution is 2.29. The van der Waals surface area contributed by atoms with Crippen LogP contribution in [0.1, 0.15) is 30.1 Å². The van der Waals surface area contributed by atoms with E-state index in [1.54, 1.807) is 49.6 Å². The summed E-state index contributed by atoms with van der Waals surface area (Å²) in [6.07, 6.45) is 4.63. The van der Waals surface area contributed by atoms with E-state index in [2.05, 4.69) is 15.3 Å². The van der Waals surface area contributed by atoms with Crippen molar-refractivity contribution < 1.29 is 19.1 Å². The van der Waals surface area contributed by atoms with Crippen LogP contribution >= 0.6 is 11.8 Å². The van der Waals surface area contributed by atoms with E-state index in [9.17, 15) is 14.4 Å². The van der Waals surface area contributed by atoms with Crippen LogP contribution in [-0.2, 0) is 14.3 Å². The molecule has 3 rings (SSSR count). The molecule has 1 saturated heterocycles. The fourth-order valence-corrected chi connectivity index (χ4v) is 3.91. The predicted molar refractivity (Wildman–Crippen MR) is 104 cm³/mol. The summed E-state index contributed by atoms with van der Waals surface area (Å²) in [5.41, 5.74) is 0.472. The Labute approximate surface area is 167 Å². The first kappa shape index (κ1) is 20.2. The van der Waals surface area contributed by atoms with Crippen LogP contribution in [0.25, 0.3) is 0 Å². The molecule has 0 amide bonds. The second-order valence-electron chi connectivity index (χ2n) is 6.48. The maximum atomic E-state index is 13.1. The quantitative estimate of drug-likeness (QED) is 0.249. The van der Waals surface area contributed by atoms with E-state index in [0.29, 0.717) is 17.1 Å². The summed E-state index contributed by atoms with van der Waals surface area (Å²) < 4.78 is 5.05. The molecule has 0 spiro atoms. The van der Waals surface area contributed by atoms with Crippen molar-refractivity contribution in [2.75, 3.05) is 6.54 Å². The molecule has 0 aliphatic carbocycles. The molecular formula is C20H21N3O4S. The third kappa shape index (κ3) is 5.02. The van der Waals surface area contributed by atoms with Gasteiger partial charge in [0.2, 0.25) is 0 Å². The standard InChI is InChI=1S/C20H21N3O4S/c1-13(18(25)27-19(26)15-9-5-10-21-15)17(28-20-22-11-6-12-23-20)16(24)14-7-3-2-4-8-14/h2-4,6-8,11-13,15,17,21H,5,9-10H2,1H3/t13?,15-,17?/m0/s1. The summed E-state index contributed by atoms with van der Waals surface area (Å²) in [5, 5.41) is 2.56. The van der Waals surface area contributed by atoms with Gasteiger partial charge in [0.15, 0.2) is 10.9 Å². The van der Waals surface area contributed by atoms with E-state index in [0.717, 1.165) is 24.7 Å². The third-order valence-corrected chi connectivity index (χ3v) is 5.76. The van der Waals surface area contributed by atoms with Crippen molar-refractivity contribution >= 4 is 29.5 Å². The Morgan fingerprint density at radius 2 is 1.86 bits per heavy atom. The number of rotatable bonds is 7. The highest BCUT2D eigenvalue weighted by molar-refractivity contribution is 8.00. The van der Waals surface area contributed by atoms with E-state index >= 15 is 0 Å². The Kier molecular flexibility index (Phi) is 6.89. The molecule has 1 fully saturated rings. The van der Waals surface area contributed by atoms with Crippen LogP contribution < -0.4 is 5.32 Å². The van der Waals surface area contributed by atoms with Crippen molar-refractivity contribution in [3.63, 3.8) is 0 Å². The zero-order valence-electron chi connectivity index (χ0n) is 15.4. The molecule has 2 unspecified atom stereocenters. The molecular weight excluding hydrogens is 378 g/mol.